The molecule has 0 N–H and O–H groups in total. The average molecular weight is 329 g/mol. The molecule has 0 saturated heterocycles. The number of hydrogen-bond donors (Lipinski definition) is 0. The van der Waals surface area contributed by atoms with Gasteiger partial charge in [0.05, 0.1) is 6.61 Å². The third-order valence-corrected chi connectivity index (χ3v) is 3.01. The van der Waals surface area contributed by atoms with Crippen molar-refractivity contribution in [2.75, 3.05) is 18.1 Å². The molecule has 0 bridgehead atoms. The van der Waals surface area contributed by atoms with Crippen molar-refractivity contribution in [3.8, 4) is 5.88 Å². The molecular weight excluding hydrogens is 314 g/mol. The Morgan fingerprint density at radius 2 is 1.96 bits per heavy atom. The van der Waals surface area contributed by atoms with Crippen LogP contribution in [-0.4, -0.2) is 23.1 Å². The lowest BCUT2D eigenvalue weighted by Gasteiger charge is -2.22. The van der Waals surface area contributed by atoms with Gasteiger partial charge in [-0.25, -0.2) is 9.37 Å². The minimum Gasteiger partial charge on any atom is -0.477 e. The average Bonchev–Trinajstić information content (AvgIpc) is 2.47. The molecular formula is C15H15F4N3O. The first-order valence-corrected chi connectivity index (χ1v) is 6.97. The van der Waals surface area contributed by atoms with Crippen molar-refractivity contribution in [3.05, 3.63) is 41.8 Å². The lowest BCUT2D eigenvalue weighted by atomic mass is 10.3. The third kappa shape index (κ3) is 3.88. The van der Waals surface area contributed by atoms with Crippen molar-refractivity contribution in [1.29, 1.82) is 0 Å². The zero-order chi connectivity index (χ0) is 17.0. The monoisotopic (exact) mass is 329 g/mol. The predicted octanol–water partition coefficient (Wildman–Crippen LogP) is 4.19. The fourth-order valence-corrected chi connectivity index (χ4v) is 2.01. The lowest BCUT2D eigenvalue weighted by Crippen LogP contribution is -2.21. The number of benzene rings is 1. The maximum atomic E-state index is 13.4. The van der Waals surface area contributed by atoms with E-state index in [4.69, 9.17) is 4.74 Å². The van der Waals surface area contributed by atoms with Gasteiger partial charge in [-0.05, 0) is 32.0 Å². The van der Waals surface area contributed by atoms with E-state index in [-0.39, 0.29) is 12.6 Å². The van der Waals surface area contributed by atoms with E-state index < -0.39 is 23.4 Å². The van der Waals surface area contributed by atoms with E-state index in [2.05, 4.69) is 9.97 Å². The molecule has 2 rings (SSSR count). The molecule has 4 nitrogen and oxygen atoms in total. The van der Waals surface area contributed by atoms with Gasteiger partial charge in [0, 0.05) is 18.4 Å². The molecule has 124 valence electrons. The highest BCUT2D eigenvalue weighted by Gasteiger charge is 2.36. The summed E-state index contributed by atoms with van der Waals surface area (Å²) in [6.45, 7) is 3.70. The minimum atomic E-state index is -4.61. The van der Waals surface area contributed by atoms with Gasteiger partial charge in [-0.1, -0.05) is 6.07 Å². The summed E-state index contributed by atoms with van der Waals surface area (Å²) in [7, 11) is 0. The Kier molecular flexibility index (Phi) is 5.02. The molecule has 0 radical (unpaired) electrons. The highest BCUT2D eigenvalue weighted by Crippen LogP contribution is 2.36. The van der Waals surface area contributed by atoms with E-state index in [1.807, 2.05) is 0 Å². The van der Waals surface area contributed by atoms with Crippen LogP contribution in [0.1, 0.15) is 19.4 Å². The van der Waals surface area contributed by atoms with E-state index in [1.165, 1.54) is 23.1 Å². The largest absolute Gasteiger partial charge is 0.477 e. The summed E-state index contributed by atoms with van der Waals surface area (Å²) in [4.78, 5) is 9.11. The summed E-state index contributed by atoms with van der Waals surface area (Å²) in [5, 5.41) is 0. The van der Waals surface area contributed by atoms with Crippen LogP contribution in [0.15, 0.2) is 30.5 Å². The Labute approximate surface area is 130 Å². The Morgan fingerprint density at radius 1 is 1.22 bits per heavy atom. The van der Waals surface area contributed by atoms with Crippen LogP contribution >= 0.6 is 0 Å². The molecule has 0 atom stereocenters. The summed E-state index contributed by atoms with van der Waals surface area (Å²) in [5.41, 5.74) is -0.604. The number of aromatic nitrogens is 2. The zero-order valence-corrected chi connectivity index (χ0v) is 12.6. The zero-order valence-electron chi connectivity index (χ0n) is 12.6. The molecule has 1 aromatic heterocycles. The molecule has 0 amide bonds. The number of anilines is 2. The van der Waals surface area contributed by atoms with E-state index in [0.29, 0.717) is 18.4 Å². The molecule has 0 unspecified atom stereocenters. The third-order valence-electron chi connectivity index (χ3n) is 3.01. The first-order chi connectivity index (χ1) is 10.9. The van der Waals surface area contributed by atoms with Crippen LogP contribution in [0.5, 0.6) is 5.88 Å². The van der Waals surface area contributed by atoms with Gasteiger partial charge >= 0.3 is 6.18 Å². The van der Waals surface area contributed by atoms with Crippen molar-refractivity contribution in [3.63, 3.8) is 0 Å². The number of halogens is 4. The molecule has 0 aliphatic heterocycles. The Bertz CT molecular complexity index is 676. The predicted molar refractivity (Wildman–Crippen MR) is 77.3 cm³/mol. The van der Waals surface area contributed by atoms with Gasteiger partial charge in [0.25, 0.3) is 0 Å². The first-order valence-electron chi connectivity index (χ1n) is 6.97. The fourth-order valence-electron chi connectivity index (χ4n) is 2.01. The fraction of sp³-hybridized carbons (Fsp3) is 0.333. The van der Waals surface area contributed by atoms with Crippen LogP contribution in [0.3, 0.4) is 0 Å². The van der Waals surface area contributed by atoms with Crippen molar-refractivity contribution < 1.29 is 22.3 Å². The number of alkyl halides is 3. The van der Waals surface area contributed by atoms with Gasteiger partial charge in [-0.2, -0.15) is 18.2 Å². The molecule has 0 aliphatic rings. The smallest absolute Gasteiger partial charge is 0.423 e. The standard InChI is InChI=1S/C15H15F4N3O/c1-3-22(11-7-5-6-10(16)8-11)14-20-9-12(15(17,18)19)13(21-14)23-4-2/h5-9H,3-4H2,1-2H3. The lowest BCUT2D eigenvalue weighted by molar-refractivity contribution is -0.139. The van der Waals surface area contributed by atoms with Crippen LogP contribution in [0.4, 0.5) is 29.2 Å². The highest BCUT2D eigenvalue weighted by atomic mass is 19.4. The maximum Gasteiger partial charge on any atom is 0.423 e. The summed E-state index contributed by atoms with van der Waals surface area (Å²) in [5.74, 6) is -0.993. The molecule has 0 fully saturated rings. The van der Waals surface area contributed by atoms with Crippen LogP contribution < -0.4 is 9.64 Å². The van der Waals surface area contributed by atoms with Crippen molar-refractivity contribution in [2.24, 2.45) is 0 Å². The van der Waals surface area contributed by atoms with E-state index in [9.17, 15) is 17.6 Å². The number of rotatable bonds is 5. The Hall–Kier alpha value is -2.38. The summed E-state index contributed by atoms with van der Waals surface area (Å²) >= 11 is 0. The normalized spacial score (nSPS) is 11.4. The van der Waals surface area contributed by atoms with Crippen LogP contribution in [-0.2, 0) is 6.18 Å². The van der Waals surface area contributed by atoms with Gasteiger partial charge in [0.15, 0.2) is 0 Å². The second kappa shape index (κ2) is 6.80. The van der Waals surface area contributed by atoms with Gasteiger partial charge < -0.3 is 9.64 Å². The van der Waals surface area contributed by atoms with Gasteiger partial charge in [-0.3, -0.25) is 0 Å². The quantitative estimate of drug-likeness (QED) is 0.771. The molecule has 2 aromatic rings. The molecule has 23 heavy (non-hydrogen) atoms. The minimum absolute atomic E-state index is 0.00884. The molecule has 8 heteroatoms. The topological polar surface area (TPSA) is 38.2 Å². The second-order valence-electron chi connectivity index (χ2n) is 4.54. The summed E-state index contributed by atoms with van der Waals surface area (Å²) in [6.07, 6.45) is -3.94. The van der Waals surface area contributed by atoms with E-state index >= 15 is 0 Å². The van der Waals surface area contributed by atoms with Crippen LogP contribution in [0.2, 0.25) is 0 Å². The van der Waals surface area contributed by atoms with Gasteiger partial charge in [-0.15, -0.1) is 0 Å². The van der Waals surface area contributed by atoms with Gasteiger partial charge in [0.1, 0.15) is 11.4 Å². The molecule has 0 saturated carbocycles. The number of hydrogen-bond acceptors (Lipinski definition) is 4. The van der Waals surface area contributed by atoms with Crippen molar-refractivity contribution in [1.82, 2.24) is 9.97 Å². The van der Waals surface area contributed by atoms with Crippen molar-refractivity contribution >= 4 is 11.6 Å². The molecule has 1 heterocycles. The molecule has 0 spiro atoms. The number of ether oxygens (including phenoxy) is 1. The number of nitrogens with zero attached hydrogens (tertiary/aromatic N) is 3. The second-order valence-corrected chi connectivity index (χ2v) is 4.54. The summed E-state index contributed by atoms with van der Waals surface area (Å²) < 4.78 is 57.2. The van der Waals surface area contributed by atoms with Crippen LogP contribution in [0, 0.1) is 5.82 Å². The van der Waals surface area contributed by atoms with Crippen molar-refractivity contribution in [2.45, 2.75) is 20.0 Å². The maximum absolute atomic E-state index is 13.4. The van der Waals surface area contributed by atoms with Crippen LogP contribution in [0.25, 0.3) is 0 Å². The first kappa shape index (κ1) is 17.0. The van der Waals surface area contributed by atoms with E-state index in [0.717, 1.165) is 0 Å². The van der Waals surface area contributed by atoms with E-state index in [1.54, 1.807) is 19.9 Å². The Morgan fingerprint density at radius 3 is 2.52 bits per heavy atom. The SMILES string of the molecule is CCOc1nc(N(CC)c2cccc(F)c2)ncc1C(F)(F)F. The highest BCUT2D eigenvalue weighted by molar-refractivity contribution is 5.57. The molecule has 0 aliphatic carbocycles. The van der Waals surface area contributed by atoms with Gasteiger partial charge in [0.2, 0.25) is 11.8 Å². The molecule has 1 aromatic carbocycles. The summed E-state index contributed by atoms with van der Waals surface area (Å²) in [6, 6.07) is 5.65. The Balaban J connectivity index is 2.47.